The Kier molecular flexibility index (Phi) is 9.62. The molecule has 0 spiro atoms. The van der Waals surface area contributed by atoms with E-state index in [0.717, 1.165) is 0 Å². The molecule has 1 rings (SSSR count). The van der Waals surface area contributed by atoms with Crippen molar-refractivity contribution in [2.45, 2.75) is 64.1 Å². The van der Waals surface area contributed by atoms with Crippen LogP contribution in [-0.4, -0.2) is 47.5 Å². The van der Waals surface area contributed by atoms with Crippen LogP contribution in [0.1, 0.15) is 41.0 Å². The zero-order valence-corrected chi connectivity index (χ0v) is 22.3. The fraction of sp³-hybridized carbons (Fsp3) is 0.583. The molecule has 0 saturated heterocycles. The van der Waals surface area contributed by atoms with Gasteiger partial charge in [-0.15, -0.1) is 6.58 Å². The second-order valence-corrected chi connectivity index (χ2v) is 16.7. The average molecular weight is 483 g/mol. The molecule has 8 heteroatoms. The van der Waals surface area contributed by atoms with E-state index in [9.17, 15) is 18.0 Å². The number of sulfone groups is 1. The van der Waals surface area contributed by atoms with Gasteiger partial charge < -0.3 is 9.16 Å². The molecule has 0 aliphatic heterocycles. The van der Waals surface area contributed by atoms with Gasteiger partial charge in [0.1, 0.15) is 11.7 Å². The van der Waals surface area contributed by atoms with E-state index in [-0.39, 0.29) is 35.3 Å². The summed E-state index contributed by atoms with van der Waals surface area (Å²) in [6.45, 7) is 18.0. The lowest BCUT2D eigenvalue weighted by Gasteiger charge is -2.40. The third kappa shape index (κ3) is 7.12. The first-order valence-corrected chi connectivity index (χ1v) is 15.4. The average Bonchev–Trinajstić information content (AvgIpc) is 2.71. The minimum atomic E-state index is -3.66. The second kappa shape index (κ2) is 10.9. The van der Waals surface area contributed by atoms with Crippen molar-refractivity contribution in [1.82, 2.24) is 0 Å². The summed E-state index contributed by atoms with van der Waals surface area (Å²) in [4.78, 5) is 26.2. The van der Waals surface area contributed by atoms with Crippen molar-refractivity contribution in [2.24, 2.45) is 11.3 Å². The van der Waals surface area contributed by atoms with E-state index < -0.39 is 41.2 Å². The summed E-state index contributed by atoms with van der Waals surface area (Å²) in [6.07, 6.45) is 1.25. The summed E-state index contributed by atoms with van der Waals surface area (Å²) in [5.41, 5.74) is -1.03. The fourth-order valence-corrected chi connectivity index (χ4v) is 5.31. The van der Waals surface area contributed by atoms with Crippen LogP contribution in [0.25, 0.3) is 0 Å². The largest absolute Gasteiger partial charge is 0.465 e. The summed E-state index contributed by atoms with van der Waals surface area (Å²) < 4.78 is 36.8. The van der Waals surface area contributed by atoms with Crippen molar-refractivity contribution >= 4 is 29.9 Å². The van der Waals surface area contributed by atoms with Gasteiger partial charge >= 0.3 is 5.97 Å². The van der Waals surface area contributed by atoms with Crippen LogP contribution >= 0.6 is 0 Å². The maximum Gasteiger partial charge on any atom is 0.317 e. The van der Waals surface area contributed by atoms with E-state index >= 15 is 0 Å². The number of carbonyl (C=O) groups is 2. The van der Waals surface area contributed by atoms with Crippen LogP contribution < -0.4 is 0 Å². The molecule has 0 fully saturated rings. The van der Waals surface area contributed by atoms with E-state index in [1.807, 2.05) is 0 Å². The molecule has 1 unspecified atom stereocenters. The van der Waals surface area contributed by atoms with Crippen LogP contribution in [0, 0.1) is 11.3 Å². The zero-order valence-electron chi connectivity index (χ0n) is 20.4. The number of ether oxygens (including phenoxy) is 1. The highest BCUT2D eigenvalue weighted by molar-refractivity contribution is 7.91. The third-order valence-corrected chi connectivity index (χ3v) is 12.5. The van der Waals surface area contributed by atoms with Gasteiger partial charge in [0.25, 0.3) is 0 Å². The Morgan fingerprint density at radius 1 is 1.12 bits per heavy atom. The minimum Gasteiger partial charge on any atom is -0.465 e. The smallest absolute Gasteiger partial charge is 0.317 e. The highest BCUT2D eigenvalue weighted by atomic mass is 32.2. The predicted octanol–water partition coefficient (Wildman–Crippen LogP) is 4.81. The molecule has 2 atom stereocenters. The van der Waals surface area contributed by atoms with Crippen molar-refractivity contribution < 1.29 is 27.2 Å². The highest BCUT2D eigenvalue weighted by Gasteiger charge is 2.46. The number of hydrogen-bond donors (Lipinski definition) is 0. The minimum absolute atomic E-state index is 0.0533. The number of rotatable bonds is 12. The first-order valence-electron chi connectivity index (χ1n) is 10.9. The van der Waals surface area contributed by atoms with Crippen LogP contribution in [0.3, 0.4) is 0 Å². The number of carbonyl (C=O) groups excluding carboxylic acids is 2. The van der Waals surface area contributed by atoms with E-state index in [1.165, 1.54) is 12.1 Å². The molecule has 0 aliphatic rings. The van der Waals surface area contributed by atoms with Gasteiger partial charge in [-0.2, -0.15) is 0 Å². The molecule has 32 heavy (non-hydrogen) atoms. The summed E-state index contributed by atoms with van der Waals surface area (Å²) in [7, 11) is -5.82. The maximum atomic E-state index is 13.2. The SMILES string of the molecule is C=C[C@](C)(CO[Si](C)(C)C(C)(C)C)C(C(=O)CCS(=O)(=O)c1ccccc1)C(=O)OCC. The van der Waals surface area contributed by atoms with E-state index in [2.05, 4.69) is 40.4 Å². The van der Waals surface area contributed by atoms with Crippen molar-refractivity contribution in [3.05, 3.63) is 43.0 Å². The Morgan fingerprint density at radius 2 is 1.69 bits per heavy atom. The monoisotopic (exact) mass is 482 g/mol. The van der Waals surface area contributed by atoms with Gasteiger partial charge in [-0.25, -0.2) is 8.42 Å². The van der Waals surface area contributed by atoms with Crippen LogP contribution in [0.5, 0.6) is 0 Å². The number of ketones is 1. The highest BCUT2D eigenvalue weighted by Crippen LogP contribution is 2.40. The number of hydrogen-bond acceptors (Lipinski definition) is 6. The Bertz CT molecular complexity index is 902. The quantitative estimate of drug-likeness (QED) is 0.184. The van der Waals surface area contributed by atoms with Crippen LogP contribution in [-0.2, 0) is 28.6 Å². The molecule has 0 N–H and O–H groups in total. The van der Waals surface area contributed by atoms with Gasteiger partial charge in [-0.1, -0.05) is 52.0 Å². The van der Waals surface area contributed by atoms with E-state index in [1.54, 1.807) is 38.1 Å². The molecule has 6 nitrogen and oxygen atoms in total. The molecule has 0 aromatic heterocycles. The lowest BCUT2D eigenvalue weighted by molar-refractivity contribution is -0.156. The summed E-state index contributed by atoms with van der Waals surface area (Å²) in [5.74, 6) is -2.77. The first-order chi connectivity index (χ1) is 14.6. The second-order valence-electron chi connectivity index (χ2n) is 9.79. The standard InChI is InChI=1S/C24H38O6SSi/c1-9-24(6,18-30-32(7,8)23(3,4)5)21(22(26)29-10-2)20(25)16-17-31(27,28)19-14-12-11-13-15-19/h9,11-15,21H,1,10,16-18H2,2-8H3/t21?,24-/m1/s1. The fourth-order valence-electron chi connectivity index (χ4n) is 2.93. The van der Waals surface area contributed by atoms with Gasteiger partial charge in [-0.3, -0.25) is 9.59 Å². The van der Waals surface area contributed by atoms with Gasteiger partial charge in [0.15, 0.2) is 18.2 Å². The van der Waals surface area contributed by atoms with Gasteiger partial charge in [0.05, 0.1) is 17.3 Å². The van der Waals surface area contributed by atoms with Gasteiger partial charge in [0.2, 0.25) is 0 Å². The third-order valence-electron chi connectivity index (χ3n) is 6.24. The number of Topliss-reactive ketones (excluding diaryl/α,β-unsaturated/α-hetero) is 1. The molecular formula is C24H38O6SSi. The van der Waals surface area contributed by atoms with E-state index in [4.69, 9.17) is 9.16 Å². The lowest BCUT2D eigenvalue weighted by atomic mass is 9.75. The Hall–Kier alpha value is -1.77. The molecule has 1 aromatic rings. The summed E-state index contributed by atoms with van der Waals surface area (Å²) in [6, 6.07) is 7.96. The van der Waals surface area contributed by atoms with Crippen molar-refractivity contribution in [2.75, 3.05) is 19.0 Å². The van der Waals surface area contributed by atoms with Gasteiger partial charge in [0, 0.05) is 18.4 Å². The Balaban J connectivity index is 3.15. The van der Waals surface area contributed by atoms with Gasteiger partial charge in [-0.05, 0) is 37.2 Å². The van der Waals surface area contributed by atoms with Crippen molar-refractivity contribution in [1.29, 1.82) is 0 Å². The van der Waals surface area contributed by atoms with Crippen LogP contribution in [0.2, 0.25) is 18.1 Å². The molecule has 0 bridgehead atoms. The van der Waals surface area contributed by atoms with Crippen molar-refractivity contribution in [3.63, 3.8) is 0 Å². The molecule has 0 radical (unpaired) electrons. The Morgan fingerprint density at radius 3 is 2.16 bits per heavy atom. The first kappa shape index (κ1) is 28.3. The van der Waals surface area contributed by atoms with Crippen LogP contribution in [0.4, 0.5) is 0 Å². The summed E-state index contributed by atoms with van der Waals surface area (Å²) in [5, 5.41) is -0.0533. The topological polar surface area (TPSA) is 86.7 Å². The molecule has 0 saturated carbocycles. The van der Waals surface area contributed by atoms with Crippen molar-refractivity contribution in [3.8, 4) is 0 Å². The van der Waals surface area contributed by atoms with Crippen LogP contribution in [0.15, 0.2) is 47.9 Å². The molecule has 1 aromatic carbocycles. The Labute approximate surface area is 194 Å². The molecule has 0 amide bonds. The normalized spacial score (nSPS) is 15.5. The van der Waals surface area contributed by atoms with E-state index in [0.29, 0.717) is 0 Å². The number of esters is 1. The zero-order chi connectivity index (χ0) is 24.8. The molecule has 0 aliphatic carbocycles. The lowest BCUT2D eigenvalue weighted by Crippen LogP contribution is -2.48. The number of benzene rings is 1. The molecule has 0 heterocycles. The predicted molar refractivity (Wildman–Crippen MR) is 130 cm³/mol. The summed E-state index contributed by atoms with van der Waals surface area (Å²) >= 11 is 0. The molecule has 180 valence electrons. The maximum absolute atomic E-state index is 13.2. The molecular weight excluding hydrogens is 444 g/mol.